The van der Waals surface area contributed by atoms with E-state index < -0.39 is 5.97 Å². The van der Waals surface area contributed by atoms with Gasteiger partial charge in [0, 0.05) is 18.2 Å². The fourth-order valence-corrected chi connectivity index (χ4v) is 2.80. The summed E-state index contributed by atoms with van der Waals surface area (Å²) < 4.78 is 5.13. The highest BCUT2D eigenvalue weighted by Crippen LogP contribution is 2.25. The van der Waals surface area contributed by atoms with Crippen molar-refractivity contribution in [3.05, 3.63) is 23.9 Å². The van der Waals surface area contributed by atoms with Crippen LogP contribution in [0.3, 0.4) is 0 Å². The van der Waals surface area contributed by atoms with Crippen molar-refractivity contribution in [1.29, 1.82) is 0 Å². The van der Waals surface area contributed by atoms with Crippen LogP contribution in [0.2, 0.25) is 0 Å². The van der Waals surface area contributed by atoms with Crippen LogP contribution >= 0.6 is 0 Å². The molecule has 1 heterocycles. The Morgan fingerprint density at radius 2 is 1.91 bits per heavy atom. The molecule has 2 aliphatic carbocycles. The number of ketones is 1. The number of hydrogen-bond donors (Lipinski definition) is 1. The monoisotopic (exact) mass is 302 g/mol. The highest BCUT2D eigenvalue weighted by molar-refractivity contribution is 5.92. The van der Waals surface area contributed by atoms with Crippen LogP contribution in [0.15, 0.2) is 18.3 Å². The quantitative estimate of drug-likeness (QED) is 0.818. The Labute approximate surface area is 130 Å². The SMILES string of the molecule is O=C(OCC(=O)C1CCCCC1)c1ccc(NC2CC2)nc1. The molecule has 2 aliphatic rings. The molecule has 0 aromatic carbocycles. The molecule has 1 aromatic rings. The van der Waals surface area contributed by atoms with Crippen molar-refractivity contribution in [1.82, 2.24) is 4.98 Å². The van der Waals surface area contributed by atoms with Gasteiger partial charge < -0.3 is 10.1 Å². The number of ether oxygens (including phenoxy) is 1. The summed E-state index contributed by atoms with van der Waals surface area (Å²) in [7, 11) is 0. The molecule has 5 heteroatoms. The fraction of sp³-hybridized carbons (Fsp3) is 0.588. The minimum Gasteiger partial charge on any atom is -0.454 e. The summed E-state index contributed by atoms with van der Waals surface area (Å²) in [5.41, 5.74) is 0.387. The molecule has 3 rings (SSSR count). The van der Waals surface area contributed by atoms with Crippen LogP contribution in [0.1, 0.15) is 55.3 Å². The van der Waals surface area contributed by atoms with E-state index in [9.17, 15) is 9.59 Å². The molecule has 0 bridgehead atoms. The number of carbonyl (C=O) groups is 2. The number of pyridine rings is 1. The van der Waals surface area contributed by atoms with Gasteiger partial charge in [-0.1, -0.05) is 19.3 Å². The smallest absolute Gasteiger partial charge is 0.340 e. The second-order valence-electron chi connectivity index (χ2n) is 6.23. The van der Waals surface area contributed by atoms with Crippen molar-refractivity contribution >= 4 is 17.6 Å². The Kier molecular flexibility index (Phi) is 4.71. The van der Waals surface area contributed by atoms with Gasteiger partial charge in [-0.3, -0.25) is 4.79 Å². The zero-order chi connectivity index (χ0) is 15.4. The highest BCUT2D eigenvalue weighted by Gasteiger charge is 2.23. The van der Waals surface area contributed by atoms with Gasteiger partial charge in [0.05, 0.1) is 5.56 Å². The van der Waals surface area contributed by atoms with E-state index in [0.717, 1.165) is 31.5 Å². The first-order chi connectivity index (χ1) is 10.7. The van der Waals surface area contributed by atoms with Gasteiger partial charge in [-0.2, -0.15) is 0 Å². The third-order valence-corrected chi connectivity index (χ3v) is 4.33. The number of nitrogens with one attached hydrogen (secondary N) is 1. The molecule has 2 fully saturated rings. The normalized spacial score (nSPS) is 18.7. The van der Waals surface area contributed by atoms with Gasteiger partial charge in [0.1, 0.15) is 5.82 Å². The van der Waals surface area contributed by atoms with E-state index in [4.69, 9.17) is 4.74 Å². The van der Waals surface area contributed by atoms with Crippen LogP contribution in [0, 0.1) is 5.92 Å². The van der Waals surface area contributed by atoms with E-state index >= 15 is 0 Å². The van der Waals surface area contributed by atoms with Gasteiger partial charge in [-0.25, -0.2) is 9.78 Å². The van der Waals surface area contributed by atoms with Crippen LogP contribution < -0.4 is 5.32 Å². The fourth-order valence-electron chi connectivity index (χ4n) is 2.80. The average Bonchev–Trinajstić information content (AvgIpc) is 3.38. The molecular formula is C17H22N2O3. The number of aromatic nitrogens is 1. The maximum absolute atomic E-state index is 12.0. The topological polar surface area (TPSA) is 68.3 Å². The molecule has 0 unspecified atom stereocenters. The molecule has 0 aliphatic heterocycles. The summed E-state index contributed by atoms with van der Waals surface area (Å²) in [6.07, 6.45) is 9.12. The molecule has 118 valence electrons. The van der Waals surface area contributed by atoms with Crippen LogP contribution in [0.4, 0.5) is 5.82 Å². The van der Waals surface area contributed by atoms with E-state index in [1.165, 1.54) is 25.5 Å². The van der Waals surface area contributed by atoms with E-state index in [0.29, 0.717) is 11.6 Å². The molecule has 5 nitrogen and oxygen atoms in total. The number of Topliss-reactive ketones (excluding diaryl/α,β-unsaturated/α-hetero) is 1. The first-order valence-corrected chi connectivity index (χ1v) is 8.15. The highest BCUT2D eigenvalue weighted by atomic mass is 16.5. The molecular weight excluding hydrogens is 280 g/mol. The molecule has 2 saturated carbocycles. The molecule has 1 aromatic heterocycles. The second kappa shape index (κ2) is 6.90. The Morgan fingerprint density at radius 1 is 1.14 bits per heavy atom. The largest absolute Gasteiger partial charge is 0.454 e. The third kappa shape index (κ3) is 4.06. The maximum atomic E-state index is 12.0. The van der Waals surface area contributed by atoms with Crippen LogP contribution in [-0.4, -0.2) is 29.4 Å². The average molecular weight is 302 g/mol. The standard InChI is InChI=1S/C17H22N2O3/c20-15(12-4-2-1-3-5-12)11-22-17(21)13-6-9-16(18-10-13)19-14-7-8-14/h6,9-10,12,14H,1-5,7-8,11H2,(H,18,19). The van der Waals surface area contributed by atoms with Crippen LogP contribution in [-0.2, 0) is 9.53 Å². The number of esters is 1. The summed E-state index contributed by atoms with van der Waals surface area (Å²) >= 11 is 0. The Balaban J connectivity index is 1.47. The van der Waals surface area contributed by atoms with Crippen molar-refractivity contribution < 1.29 is 14.3 Å². The Bertz CT molecular complexity index is 531. The van der Waals surface area contributed by atoms with Crippen molar-refractivity contribution in [3.63, 3.8) is 0 Å². The summed E-state index contributed by atoms with van der Waals surface area (Å²) in [4.78, 5) is 28.2. The minimum atomic E-state index is -0.477. The van der Waals surface area contributed by atoms with E-state index in [1.54, 1.807) is 12.1 Å². The number of rotatable bonds is 6. The molecule has 0 atom stereocenters. The molecule has 0 radical (unpaired) electrons. The predicted molar refractivity (Wildman–Crippen MR) is 82.7 cm³/mol. The zero-order valence-corrected chi connectivity index (χ0v) is 12.7. The molecule has 22 heavy (non-hydrogen) atoms. The third-order valence-electron chi connectivity index (χ3n) is 4.33. The summed E-state index contributed by atoms with van der Waals surface area (Å²) in [5, 5.41) is 3.26. The van der Waals surface area contributed by atoms with Crippen molar-refractivity contribution in [2.75, 3.05) is 11.9 Å². The number of hydrogen-bond acceptors (Lipinski definition) is 5. The second-order valence-corrected chi connectivity index (χ2v) is 6.23. The lowest BCUT2D eigenvalue weighted by Crippen LogP contribution is -2.24. The number of nitrogens with zero attached hydrogens (tertiary/aromatic N) is 1. The number of carbonyl (C=O) groups excluding carboxylic acids is 2. The van der Waals surface area contributed by atoms with Gasteiger partial charge in [0.2, 0.25) is 0 Å². The van der Waals surface area contributed by atoms with E-state index in [1.807, 2.05) is 0 Å². The van der Waals surface area contributed by atoms with Gasteiger partial charge in [-0.05, 0) is 37.8 Å². The lowest BCUT2D eigenvalue weighted by molar-refractivity contribution is -0.126. The molecule has 1 N–H and O–H groups in total. The van der Waals surface area contributed by atoms with Crippen molar-refractivity contribution in [2.24, 2.45) is 5.92 Å². The van der Waals surface area contributed by atoms with E-state index in [-0.39, 0.29) is 18.3 Å². The molecule has 0 amide bonds. The van der Waals surface area contributed by atoms with Gasteiger partial charge in [-0.15, -0.1) is 0 Å². The summed E-state index contributed by atoms with van der Waals surface area (Å²) in [5.74, 6) is 0.421. The minimum absolute atomic E-state index is 0.0491. The van der Waals surface area contributed by atoms with Gasteiger partial charge in [0.25, 0.3) is 0 Å². The maximum Gasteiger partial charge on any atom is 0.340 e. The lowest BCUT2D eigenvalue weighted by atomic mass is 9.86. The first kappa shape index (κ1) is 15.0. The van der Waals surface area contributed by atoms with Crippen molar-refractivity contribution in [3.8, 4) is 0 Å². The van der Waals surface area contributed by atoms with Gasteiger partial charge in [0.15, 0.2) is 12.4 Å². The Hall–Kier alpha value is -1.91. The zero-order valence-electron chi connectivity index (χ0n) is 12.7. The van der Waals surface area contributed by atoms with E-state index in [2.05, 4.69) is 10.3 Å². The van der Waals surface area contributed by atoms with Gasteiger partial charge >= 0.3 is 5.97 Å². The summed E-state index contributed by atoms with van der Waals surface area (Å²) in [6.45, 7) is -0.119. The van der Waals surface area contributed by atoms with Crippen molar-refractivity contribution in [2.45, 2.75) is 51.0 Å². The first-order valence-electron chi connectivity index (χ1n) is 8.15. The number of anilines is 1. The molecule has 0 spiro atoms. The lowest BCUT2D eigenvalue weighted by Gasteiger charge is -2.19. The molecule has 0 saturated heterocycles. The van der Waals surface area contributed by atoms with Crippen LogP contribution in [0.25, 0.3) is 0 Å². The van der Waals surface area contributed by atoms with Crippen LogP contribution in [0.5, 0.6) is 0 Å². The summed E-state index contributed by atoms with van der Waals surface area (Å²) in [6, 6.07) is 3.99. The Morgan fingerprint density at radius 3 is 2.55 bits per heavy atom. The predicted octanol–water partition coefficient (Wildman–Crippen LogP) is 2.96.